The van der Waals surface area contributed by atoms with Gasteiger partial charge in [-0.3, -0.25) is 0 Å². The molecule has 0 saturated heterocycles. The maximum atomic E-state index is 6.06. The van der Waals surface area contributed by atoms with Crippen molar-refractivity contribution in [1.29, 1.82) is 0 Å². The van der Waals surface area contributed by atoms with E-state index in [2.05, 4.69) is 23.5 Å². The summed E-state index contributed by atoms with van der Waals surface area (Å²) < 4.78 is 5.65. The Morgan fingerprint density at radius 2 is 1.95 bits per heavy atom. The normalized spacial score (nSPS) is 20.7. The highest BCUT2D eigenvalue weighted by Crippen LogP contribution is 2.40. The number of para-hydroxylation sites is 2. The maximum Gasteiger partial charge on any atom is 0.142 e. The summed E-state index contributed by atoms with van der Waals surface area (Å²) in [4.78, 5) is 0. The van der Waals surface area contributed by atoms with Crippen LogP contribution in [0.15, 0.2) is 48.5 Å². The van der Waals surface area contributed by atoms with Crippen LogP contribution in [0.4, 0.5) is 5.69 Å². The number of nitrogens with one attached hydrogen (secondary N) is 1. The summed E-state index contributed by atoms with van der Waals surface area (Å²) in [6.07, 6.45) is 2.28. The topological polar surface area (TPSA) is 21.3 Å². The third-order valence-electron chi connectivity index (χ3n) is 4.00. The van der Waals surface area contributed by atoms with Crippen molar-refractivity contribution in [3.05, 3.63) is 59.1 Å². The van der Waals surface area contributed by atoms with Gasteiger partial charge in [-0.2, -0.15) is 0 Å². The van der Waals surface area contributed by atoms with Crippen molar-refractivity contribution in [3.8, 4) is 5.75 Å². The highest BCUT2D eigenvalue weighted by Gasteiger charge is 2.30. The van der Waals surface area contributed by atoms with E-state index < -0.39 is 0 Å². The van der Waals surface area contributed by atoms with Crippen LogP contribution >= 0.6 is 11.6 Å². The third-order valence-corrected chi connectivity index (χ3v) is 4.24. The van der Waals surface area contributed by atoms with E-state index in [1.807, 2.05) is 37.3 Å². The second-order valence-corrected chi connectivity index (χ2v) is 5.93. The van der Waals surface area contributed by atoms with Crippen LogP contribution in [0.25, 0.3) is 0 Å². The maximum absolute atomic E-state index is 6.06. The van der Waals surface area contributed by atoms with Gasteiger partial charge in [-0.25, -0.2) is 0 Å². The molecule has 3 heteroatoms. The molecule has 0 bridgehead atoms. The van der Waals surface area contributed by atoms with Gasteiger partial charge < -0.3 is 10.1 Å². The minimum atomic E-state index is 0.510. The lowest BCUT2D eigenvalue weighted by atomic mass is 9.76. The molecule has 2 nitrogen and oxygen atoms in total. The Kier molecular flexibility index (Phi) is 4.35. The zero-order valence-electron chi connectivity index (χ0n) is 12.2. The van der Waals surface area contributed by atoms with Crippen LogP contribution in [0.2, 0.25) is 5.02 Å². The van der Waals surface area contributed by atoms with Crippen molar-refractivity contribution in [2.75, 3.05) is 11.9 Å². The Hall–Kier alpha value is -1.67. The van der Waals surface area contributed by atoms with Gasteiger partial charge in [-0.15, -0.1) is 0 Å². The predicted octanol–water partition coefficient (Wildman–Crippen LogP) is 5.10. The van der Waals surface area contributed by atoms with Gasteiger partial charge in [0.15, 0.2) is 0 Å². The highest BCUT2D eigenvalue weighted by molar-refractivity contribution is 6.30. The summed E-state index contributed by atoms with van der Waals surface area (Å²) in [7, 11) is 0. The van der Waals surface area contributed by atoms with Gasteiger partial charge >= 0.3 is 0 Å². The van der Waals surface area contributed by atoms with Crippen molar-refractivity contribution in [2.45, 2.75) is 31.7 Å². The minimum absolute atomic E-state index is 0.510. The molecule has 0 atom stereocenters. The number of hydrogen-bond donors (Lipinski definition) is 1. The molecule has 2 aromatic carbocycles. The fraction of sp³-hybridized carbons (Fsp3) is 0.333. The van der Waals surface area contributed by atoms with E-state index in [1.165, 1.54) is 5.56 Å². The summed E-state index contributed by atoms with van der Waals surface area (Å²) in [5.41, 5.74) is 2.44. The molecule has 1 aliphatic carbocycles. The number of ether oxygens (including phenoxy) is 1. The zero-order chi connectivity index (χ0) is 14.7. The molecule has 0 aromatic heterocycles. The molecule has 0 spiro atoms. The molecule has 0 radical (unpaired) electrons. The Morgan fingerprint density at radius 1 is 1.14 bits per heavy atom. The van der Waals surface area contributed by atoms with Gasteiger partial charge in [-0.05, 0) is 55.5 Å². The smallest absolute Gasteiger partial charge is 0.142 e. The SMILES string of the molecule is CCOc1ccccc1NC1CC(c2cccc(Cl)c2)C1. The van der Waals surface area contributed by atoms with Crippen LogP contribution in [-0.4, -0.2) is 12.6 Å². The average Bonchev–Trinajstić information content (AvgIpc) is 2.44. The summed E-state index contributed by atoms with van der Waals surface area (Å²) in [6, 6.07) is 16.9. The van der Waals surface area contributed by atoms with E-state index in [0.29, 0.717) is 18.6 Å². The average molecular weight is 302 g/mol. The molecule has 1 aliphatic rings. The lowest BCUT2D eigenvalue weighted by Crippen LogP contribution is -2.34. The molecule has 2 aromatic rings. The van der Waals surface area contributed by atoms with E-state index in [0.717, 1.165) is 29.3 Å². The lowest BCUT2D eigenvalue weighted by molar-refractivity contribution is 0.337. The van der Waals surface area contributed by atoms with Crippen LogP contribution in [-0.2, 0) is 0 Å². The quantitative estimate of drug-likeness (QED) is 0.830. The van der Waals surface area contributed by atoms with Crippen LogP contribution in [0.5, 0.6) is 5.75 Å². The number of halogens is 1. The largest absolute Gasteiger partial charge is 0.492 e. The molecular weight excluding hydrogens is 282 g/mol. The summed E-state index contributed by atoms with van der Waals surface area (Å²) >= 11 is 6.06. The molecule has 21 heavy (non-hydrogen) atoms. The lowest BCUT2D eigenvalue weighted by Gasteiger charge is -2.37. The Bertz CT molecular complexity index is 608. The Morgan fingerprint density at radius 3 is 2.71 bits per heavy atom. The molecule has 0 aliphatic heterocycles. The van der Waals surface area contributed by atoms with Crippen LogP contribution in [0.3, 0.4) is 0 Å². The zero-order valence-corrected chi connectivity index (χ0v) is 12.9. The molecule has 0 heterocycles. The van der Waals surface area contributed by atoms with Gasteiger partial charge in [0.2, 0.25) is 0 Å². The first kappa shape index (κ1) is 14.3. The number of anilines is 1. The van der Waals surface area contributed by atoms with E-state index in [9.17, 15) is 0 Å². The summed E-state index contributed by atoms with van der Waals surface area (Å²) in [6.45, 7) is 2.70. The van der Waals surface area contributed by atoms with Crippen molar-refractivity contribution in [1.82, 2.24) is 0 Å². The van der Waals surface area contributed by atoms with Crippen LogP contribution in [0, 0.1) is 0 Å². The fourth-order valence-electron chi connectivity index (χ4n) is 2.86. The molecule has 0 amide bonds. The molecule has 0 unspecified atom stereocenters. The van der Waals surface area contributed by atoms with Gasteiger partial charge in [0.25, 0.3) is 0 Å². The second kappa shape index (κ2) is 6.40. The van der Waals surface area contributed by atoms with E-state index in [1.54, 1.807) is 0 Å². The van der Waals surface area contributed by atoms with Gasteiger partial charge in [-0.1, -0.05) is 35.9 Å². The number of rotatable bonds is 5. The first-order chi connectivity index (χ1) is 10.3. The molecule has 110 valence electrons. The number of hydrogen-bond acceptors (Lipinski definition) is 2. The van der Waals surface area contributed by atoms with Crippen LogP contribution < -0.4 is 10.1 Å². The molecular formula is C18H20ClNO. The molecule has 1 fully saturated rings. The standard InChI is InChI=1S/C18H20ClNO/c1-2-21-18-9-4-3-8-17(18)20-16-11-14(12-16)13-6-5-7-15(19)10-13/h3-10,14,16,20H,2,11-12H2,1H3. The molecule has 3 rings (SSSR count). The third kappa shape index (κ3) is 3.33. The van der Waals surface area contributed by atoms with Crippen molar-refractivity contribution < 1.29 is 4.74 Å². The number of benzene rings is 2. The monoisotopic (exact) mass is 301 g/mol. The van der Waals surface area contributed by atoms with Gasteiger partial charge in [0.05, 0.1) is 12.3 Å². The Labute approximate surface area is 131 Å². The second-order valence-electron chi connectivity index (χ2n) is 5.49. The van der Waals surface area contributed by atoms with Gasteiger partial charge in [0.1, 0.15) is 5.75 Å². The van der Waals surface area contributed by atoms with Crippen molar-refractivity contribution in [3.63, 3.8) is 0 Å². The summed E-state index contributed by atoms with van der Waals surface area (Å²) in [5.74, 6) is 1.55. The van der Waals surface area contributed by atoms with Crippen LogP contribution in [0.1, 0.15) is 31.2 Å². The predicted molar refractivity (Wildman–Crippen MR) is 88.4 cm³/mol. The molecule has 1 saturated carbocycles. The fourth-order valence-corrected chi connectivity index (χ4v) is 3.05. The minimum Gasteiger partial charge on any atom is -0.492 e. The Balaban J connectivity index is 1.60. The summed E-state index contributed by atoms with van der Waals surface area (Å²) in [5, 5.41) is 4.41. The molecule has 1 N–H and O–H groups in total. The van der Waals surface area contributed by atoms with Gasteiger partial charge in [0, 0.05) is 11.1 Å². The van der Waals surface area contributed by atoms with Crippen molar-refractivity contribution in [2.24, 2.45) is 0 Å². The first-order valence-electron chi connectivity index (χ1n) is 7.50. The van der Waals surface area contributed by atoms with E-state index in [4.69, 9.17) is 16.3 Å². The first-order valence-corrected chi connectivity index (χ1v) is 7.88. The van der Waals surface area contributed by atoms with Crippen molar-refractivity contribution >= 4 is 17.3 Å². The van der Waals surface area contributed by atoms with E-state index >= 15 is 0 Å². The highest BCUT2D eigenvalue weighted by atomic mass is 35.5. The van der Waals surface area contributed by atoms with E-state index in [-0.39, 0.29) is 0 Å².